The van der Waals surface area contributed by atoms with E-state index in [9.17, 15) is 4.79 Å². The molecule has 0 bridgehead atoms. The molecule has 0 aromatic heterocycles. The molecule has 0 fully saturated rings. The van der Waals surface area contributed by atoms with Gasteiger partial charge >= 0.3 is 0 Å². The van der Waals surface area contributed by atoms with E-state index in [1.165, 1.54) is 14.0 Å². The Balaban J connectivity index is 2.22. The molecule has 3 heteroatoms. The number of ether oxygens (including phenoxy) is 2. The van der Waals surface area contributed by atoms with Gasteiger partial charge in [-0.1, -0.05) is 30.3 Å². The highest BCUT2D eigenvalue weighted by molar-refractivity contribution is 5.82. The Bertz CT molecular complexity index is 549. The quantitative estimate of drug-likeness (QED) is 0.817. The van der Waals surface area contributed by atoms with Gasteiger partial charge in [-0.2, -0.15) is 0 Å². The molecule has 0 N–H and O–H groups in total. The summed E-state index contributed by atoms with van der Waals surface area (Å²) in [6.45, 7) is 1.51. The normalized spacial score (nSPS) is 11.9. The zero-order valence-corrected chi connectivity index (χ0v) is 11.0. The first-order valence-electron chi connectivity index (χ1n) is 6.07. The van der Waals surface area contributed by atoms with Crippen molar-refractivity contribution in [3.63, 3.8) is 0 Å². The summed E-state index contributed by atoms with van der Waals surface area (Å²) in [5, 5.41) is 0. The van der Waals surface area contributed by atoms with E-state index in [2.05, 4.69) is 0 Å². The van der Waals surface area contributed by atoms with Crippen LogP contribution in [0.4, 0.5) is 0 Å². The maximum absolute atomic E-state index is 11.5. The second kappa shape index (κ2) is 6.16. The van der Waals surface area contributed by atoms with Crippen LogP contribution in [-0.4, -0.2) is 12.9 Å². The smallest absolute Gasteiger partial charge is 0.163 e. The first-order chi connectivity index (χ1) is 9.20. The molecule has 19 heavy (non-hydrogen) atoms. The van der Waals surface area contributed by atoms with Crippen LogP contribution < -0.4 is 4.74 Å². The molecule has 1 unspecified atom stereocenters. The van der Waals surface area contributed by atoms with Crippen molar-refractivity contribution in [2.45, 2.75) is 13.0 Å². The zero-order chi connectivity index (χ0) is 13.7. The standard InChI is InChI=1S/C16H16O3/c1-12(17)16(18-2)13-7-6-10-15(11-13)19-14-8-4-3-5-9-14/h3-11,16H,1-2H3. The molecule has 98 valence electrons. The molecule has 0 saturated heterocycles. The number of hydrogen-bond acceptors (Lipinski definition) is 3. The van der Waals surface area contributed by atoms with Crippen molar-refractivity contribution in [3.8, 4) is 11.5 Å². The number of Topliss-reactive ketones (excluding diaryl/α,β-unsaturated/α-hetero) is 1. The second-order valence-electron chi connectivity index (χ2n) is 4.21. The molecule has 0 spiro atoms. The van der Waals surface area contributed by atoms with Gasteiger partial charge in [0.15, 0.2) is 5.78 Å². The molecule has 2 rings (SSSR count). The molecule has 0 saturated carbocycles. The third-order valence-corrected chi connectivity index (χ3v) is 2.74. The number of ketones is 1. The van der Waals surface area contributed by atoms with Gasteiger partial charge in [-0.15, -0.1) is 0 Å². The fourth-order valence-electron chi connectivity index (χ4n) is 1.90. The van der Waals surface area contributed by atoms with E-state index in [0.717, 1.165) is 11.3 Å². The Kier molecular flexibility index (Phi) is 4.31. The van der Waals surface area contributed by atoms with Crippen molar-refractivity contribution >= 4 is 5.78 Å². The lowest BCUT2D eigenvalue weighted by Gasteiger charge is -2.13. The van der Waals surface area contributed by atoms with E-state index < -0.39 is 6.10 Å². The van der Waals surface area contributed by atoms with Gasteiger partial charge in [-0.25, -0.2) is 0 Å². The maximum atomic E-state index is 11.5. The highest BCUT2D eigenvalue weighted by Crippen LogP contribution is 2.26. The monoisotopic (exact) mass is 256 g/mol. The maximum Gasteiger partial charge on any atom is 0.163 e. The Morgan fingerprint density at radius 2 is 1.68 bits per heavy atom. The first kappa shape index (κ1) is 13.3. The third-order valence-electron chi connectivity index (χ3n) is 2.74. The van der Waals surface area contributed by atoms with Crippen LogP contribution in [0.3, 0.4) is 0 Å². The van der Waals surface area contributed by atoms with Gasteiger partial charge in [0, 0.05) is 7.11 Å². The predicted octanol–water partition coefficient (Wildman–Crippen LogP) is 3.76. The SMILES string of the molecule is COC(C(C)=O)c1cccc(Oc2ccccc2)c1. The van der Waals surface area contributed by atoms with E-state index in [1.54, 1.807) is 0 Å². The van der Waals surface area contributed by atoms with E-state index in [1.807, 2.05) is 54.6 Å². The van der Waals surface area contributed by atoms with Gasteiger partial charge in [0.25, 0.3) is 0 Å². The molecular formula is C16H16O3. The molecule has 2 aromatic rings. The van der Waals surface area contributed by atoms with E-state index in [0.29, 0.717) is 5.75 Å². The molecule has 2 aromatic carbocycles. The summed E-state index contributed by atoms with van der Waals surface area (Å²) >= 11 is 0. The summed E-state index contributed by atoms with van der Waals surface area (Å²) in [5.74, 6) is 1.42. The zero-order valence-electron chi connectivity index (χ0n) is 11.0. The minimum Gasteiger partial charge on any atom is -0.457 e. The van der Waals surface area contributed by atoms with Crippen LogP contribution in [0.5, 0.6) is 11.5 Å². The largest absolute Gasteiger partial charge is 0.457 e. The average Bonchev–Trinajstić information content (AvgIpc) is 2.41. The van der Waals surface area contributed by atoms with E-state index in [4.69, 9.17) is 9.47 Å². The van der Waals surface area contributed by atoms with Crippen LogP contribution in [0.15, 0.2) is 54.6 Å². The molecule has 0 amide bonds. The summed E-state index contributed by atoms with van der Waals surface area (Å²) in [4.78, 5) is 11.5. The number of methoxy groups -OCH3 is 1. The van der Waals surface area contributed by atoms with Crippen molar-refractivity contribution in [1.82, 2.24) is 0 Å². The van der Waals surface area contributed by atoms with Crippen LogP contribution in [0, 0.1) is 0 Å². The number of hydrogen-bond donors (Lipinski definition) is 0. The van der Waals surface area contributed by atoms with Crippen molar-refractivity contribution in [2.24, 2.45) is 0 Å². The van der Waals surface area contributed by atoms with Gasteiger partial charge in [0.2, 0.25) is 0 Å². The molecule has 0 radical (unpaired) electrons. The molecule has 0 heterocycles. The van der Waals surface area contributed by atoms with Crippen molar-refractivity contribution in [2.75, 3.05) is 7.11 Å². The number of benzene rings is 2. The average molecular weight is 256 g/mol. The molecule has 0 aliphatic carbocycles. The number of rotatable bonds is 5. The van der Waals surface area contributed by atoms with Crippen molar-refractivity contribution in [1.29, 1.82) is 0 Å². The summed E-state index contributed by atoms with van der Waals surface area (Å²) in [5.41, 5.74) is 0.795. The molecule has 0 aliphatic heterocycles. The topological polar surface area (TPSA) is 35.5 Å². The Morgan fingerprint density at radius 3 is 2.32 bits per heavy atom. The lowest BCUT2D eigenvalue weighted by molar-refractivity contribution is -0.126. The number of carbonyl (C=O) groups is 1. The Morgan fingerprint density at radius 1 is 1.00 bits per heavy atom. The number of carbonyl (C=O) groups excluding carboxylic acids is 1. The van der Waals surface area contributed by atoms with Crippen LogP contribution in [-0.2, 0) is 9.53 Å². The number of para-hydroxylation sites is 1. The summed E-state index contributed by atoms with van der Waals surface area (Å²) in [7, 11) is 1.52. The summed E-state index contributed by atoms with van der Waals surface area (Å²) < 4.78 is 10.9. The molecule has 0 aliphatic rings. The highest BCUT2D eigenvalue weighted by atomic mass is 16.5. The summed E-state index contributed by atoms with van der Waals surface area (Å²) in [6, 6.07) is 16.9. The van der Waals surface area contributed by atoms with Gasteiger partial charge in [0.1, 0.15) is 17.6 Å². The molecule has 3 nitrogen and oxygen atoms in total. The lowest BCUT2D eigenvalue weighted by atomic mass is 10.1. The molecule has 1 atom stereocenters. The van der Waals surface area contributed by atoms with Crippen LogP contribution in [0.2, 0.25) is 0 Å². The minimum absolute atomic E-state index is 0.0284. The van der Waals surface area contributed by atoms with Crippen LogP contribution in [0.1, 0.15) is 18.6 Å². The summed E-state index contributed by atoms with van der Waals surface area (Å²) in [6.07, 6.45) is -0.542. The van der Waals surface area contributed by atoms with Gasteiger partial charge in [-0.05, 0) is 36.8 Å². The fraction of sp³-hybridized carbons (Fsp3) is 0.188. The second-order valence-corrected chi connectivity index (χ2v) is 4.21. The Labute approximate surface area is 112 Å². The van der Waals surface area contributed by atoms with Crippen molar-refractivity contribution < 1.29 is 14.3 Å². The molecular weight excluding hydrogens is 240 g/mol. The van der Waals surface area contributed by atoms with E-state index in [-0.39, 0.29) is 5.78 Å². The highest BCUT2D eigenvalue weighted by Gasteiger charge is 2.16. The third kappa shape index (κ3) is 3.42. The van der Waals surface area contributed by atoms with Gasteiger partial charge in [-0.3, -0.25) is 4.79 Å². The fourth-order valence-corrected chi connectivity index (χ4v) is 1.90. The Hall–Kier alpha value is -2.13. The van der Waals surface area contributed by atoms with Gasteiger partial charge < -0.3 is 9.47 Å². The van der Waals surface area contributed by atoms with E-state index >= 15 is 0 Å². The van der Waals surface area contributed by atoms with Gasteiger partial charge in [0.05, 0.1) is 0 Å². The lowest BCUT2D eigenvalue weighted by Crippen LogP contribution is -2.10. The minimum atomic E-state index is -0.542. The van der Waals surface area contributed by atoms with Crippen molar-refractivity contribution in [3.05, 3.63) is 60.2 Å². The van der Waals surface area contributed by atoms with Crippen LogP contribution >= 0.6 is 0 Å². The predicted molar refractivity (Wildman–Crippen MR) is 73.4 cm³/mol. The first-order valence-corrected chi connectivity index (χ1v) is 6.07. The van der Waals surface area contributed by atoms with Crippen LogP contribution in [0.25, 0.3) is 0 Å².